The first-order valence-electron chi connectivity index (χ1n) is 6.51. The van der Waals surface area contributed by atoms with E-state index in [1.807, 2.05) is 24.3 Å². The van der Waals surface area contributed by atoms with Crippen molar-refractivity contribution in [2.24, 2.45) is 11.7 Å². The summed E-state index contributed by atoms with van der Waals surface area (Å²) in [6, 6.07) is 8.11. The third kappa shape index (κ3) is 3.61. The first kappa shape index (κ1) is 13.7. The van der Waals surface area contributed by atoms with Crippen molar-refractivity contribution in [1.29, 1.82) is 0 Å². The Bertz CT molecular complexity index is 369. The normalized spacial score (nSPS) is 24.4. The molecule has 0 amide bonds. The van der Waals surface area contributed by atoms with E-state index in [1.54, 1.807) is 0 Å². The smallest absolute Gasteiger partial charge is 0.119 e. The lowest BCUT2D eigenvalue weighted by molar-refractivity contribution is 0.202. The monoisotopic (exact) mass is 268 g/mol. The molecule has 1 saturated heterocycles. The van der Waals surface area contributed by atoms with Crippen LogP contribution in [0.1, 0.15) is 13.3 Å². The Labute approximate surface area is 114 Å². The van der Waals surface area contributed by atoms with Gasteiger partial charge < -0.3 is 10.5 Å². The van der Waals surface area contributed by atoms with E-state index >= 15 is 0 Å². The lowest BCUT2D eigenvalue weighted by Gasteiger charge is -2.20. The van der Waals surface area contributed by atoms with Crippen molar-refractivity contribution < 1.29 is 4.74 Å². The van der Waals surface area contributed by atoms with E-state index in [0.717, 1.165) is 30.4 Å². The Kier molecular flexibility index (Phi) is 4.87. The van der Waals surface area contributed by atoms with Crippen LogP contribution < -0.4 is 10.5 Å². The molecule has 0 bridgehead atoms. The molecule has 0 saturated carbocycles. The fourth-order valence-corrected chi connectivity index (χ4v) is 2.64. The van der Waals surface area contributed by atoms with Crippen LogP contribution in [-0.4, -0.2) is 37.2 Å². The summed E-state index contributed by atoms with van der Waals surface area (Å²) in [6.45, 7) is 5.82. The van der Waals surface area contributed by atoms with Crippen LogP contribution in [0, 0.1) is 5.92 Å². The number of ether oxygens (including phenoxy) is 1. The third-order valence-corrected chi connectivity index (χ3v) is 3.84. The van der Waals surface area contributed by atoms with Gasteiger partial charge in [0.05, 0.1) is 0 Å². The Morgan fingerprint density at radius 2 is 2.11 bits per heavy atom. The van der Waals surface area contributed by atoms with Gasteiger partial charge in [0.2, 0.25) is 0 Å². The Hall–Kier alpha value is -0.770. The van der Waals surface area contributed by atoms with Crippen molar-refractivity contribution >= 4 is 11.6 Å². The molecule has 0 aromatic heterocycles. The summed E-state index contributed by atoms with van der Waals surface area (Å²) in [5.41, 5.74) is 5.72. The minimum absolute atomic E-state index is 0.618. The summed E-state index contributed by atoms with van der Waals surface area (Å²) in [4.78, 5) is 2.45. The second kappa shape index (κ2) is 6.41. The highest BCUT2D eigenvalue weighted by molar-refractivity contribution is 6.30. The first-order valence-corrected chi connectivity index (χ1v) is 6.89. The lowest BCUT2D eigenvalue weighted by atomic mass is 10.1. The standard InChI is InChI=1S/C14H21ClN2O/c1-11-8-12(9-16)10-17(11)6-7-18-14-4-2-13(15)3-5-14/h2-5,11-12H,6-10,16H2,1H3. The van der Waals surface area contributed by atoms with Crippen molar-refractivity contribution in [3.63, 3.8) is 0 Å². The zero-order valence-electron chi connectivity index (χ0n) is 10.8. The van der Waals surface area contributed by atoms with E-state index < -0.39 is 0 Å². The molecule has 2 atom stereocenters. The Morgan fingerprint density at radius 3 is 2.72 bits per heavy atom. The van der Waals surface area contributed by atoms with Crippen LogP contribution in [0.2, 0.25) is 5.02 Å². The van der Waals surface area contributed by atoms with Crippen LogP contribution in [0.4, 0.5) is 0 Å². The van der Waals surface area contributed by atoms with Gasteiger partial charge in [-0.2, -0.15) is 0 Å². The molecule has 2 rings (SSSR count). The summed E-state index contributed by atoms with van der Waals surface area (Å²) in [6.07, 6.45) is 1.21. The molecule has 1 aliphatic heterocycles. The van der Waals surface area contributed by atoms with Gasteiger partial charge in [0, 0.05) is 24.2 Å². The molecule has 1 aliphatic rings. The molecule has 2 N–H and O–H groups in total. The van der Waals surface area contributed by atoms with Gasteiger partial charge in [-0.1, -0.05) is 11.6 Å². The van der Waals surface area contributed by atoms with E-state index in [9.17, 15) is 0 Å². The molecule has 1 fully saturated rings. The van der Waals surface area contributed by atoms with Crippen molar-refractivity contribution in [2.75, 3.05) is 26.2 Å². The topological polar surface area (TPSA) is 38.5 Å². The summed E-state index contributed by atoms with van der Waals surface area (Å²) in [7, 11) is 0. The zero-order chi connectivity index (χ0) is 13.0. The van der Waals surface area contributed by atoms with Gasteiger partial charge in [0.25, 0.3) is 0 Å². The van der Waals surface area contributed by atoms with Gasteiger partial charge in [0.15, 0.2) is 0 Å². The highest BCUT2D eigenvalue weighted by atomic mass is 35.5. The summed E-state index contributed by atoms with van der Waals surface area (Å²) >= 11 is 5.82. The van der Waals surface area contributed by atoms with Crippen LogP contribution in [0.5, 0.6) is 5.75 Å². The Morgan fingerprint density at radius 1 is 1.39 bits per heavy atom. The number of hydrogen-bond acceptors (Lipinski definition) is 3. The average Bonchev–Trinajstić information content (AvgIpc) is 2.73. The molecule has 18 heavy (non-hydrogen) atoms. The fourth-order valence-electron chi connectivity index (χ4n) is 2.51. The van der Waals surface area contributed by atoms with Crippen molar-refractivity contribution in [3.8, 4) is 5.75 Å². The first-order chi connectivity index (χ1) is 8.69. The van der Waals surface area contributed by atoms with Crippen molar-refractivity contribution in [3.05, 3.63) is 29.3 Å². The number of rotatable bonds is 5. The van der Waals surface area contributed by atoms with Gasteiger partial charge in [-0.15, -0.1) is 0 Å². The van der Waals surface area contributed by atoms with Crippen LogP contribution in [0.15, 0.2) is 24.3 Å². The molecule has 1 aromatic rings. The maximum atomic E-state index is 5.82. The van der Waals surface area contributed by atoms with Gasteiger partial charge in [-0.3, -0.25) is 4.90 Å². The molecule has 0 aliphatic carbocycles. The number of likely N-dealkylation sites (tertiary alicyclic amines) is 1. The molecule has 2 unspecified atom stereocenters. The zero-order valence-corrected chi connectivity index (χ0v) is 11.6. The van der Waals surface area contributed by atoms with Gasteiger partial charge in [-0.05, 0) is 50.1 Å². The largest absolute Gasteiger partial charge is 0.492 e. The number of halogens is 1. The third-order valence-electron chi connectivity index (χ3n) is 3.58. The number of benzene rings is 1. The Balaban J connectivity index is 1.74. The quantitative estimate of drug-likeness (QED) is 0.891. The number of nitrogens with zero attached hydrogens (tertiary/aromatic N) is 1. The summed E-state index contributed by atoms with van der Waals surface area (Å²) in [5.74, 6) is 1.53. The van der Waals surface area contributed by atoms with E-state index in [2.05, 4.69) is 11.8 Å². The SMILES string of the molecule is CC1CC(CN)CN1CCOc1ccc(Cl)cc1. The van der Waals surface area contributed by atoms with Crippen LogP contribution in [0.25, 0.3) is 0 Å². The highest BCUT2D eigenvalue weighted by Crippen LogP contribution is 2.21. The lowest BCUT2D eigenvalue weighted by Crippen LogP contribution is -2.32. The van der Waals surface area contributed by atoms with Crippen molar-refractivity contribution in [1.82, 2.24) is 4.90 Å². The fraction of sp³-hybridized carbons (Fsp3) is 0.571. The summed E-state index contributed by atoms with van der Waals surface area (Å²) < 4.78 is 5.71. The maximum absolute atomic E-state index is 5.82. The maximum Gasteiger partial charge on any atom is 0.119 e. The predicted octanol–water partition coefficient (Wildman–Crippen LogP) is 2.39. The van der Waals surface area contributed by atoms with Gasteiger partial charge >= 0.3 is 0 Å². The predicted molar refractivity (Wildman–Crippen MR) is 75.1 cm³/mol. The summed E-state index contributed by atoms with van der Waals surface area (Å²) in [5, 5.41) is 0.737. The minimum Gasteiger partial charge on any atom is -0.492 e. The van der Waals surface area contributed by atoms with E-state index in [1.165, 1.54) is 6.42 Å². The van der Waals surface area contributed by atoms with Crippen LogP contribution >= 0.6 is 11.6 Å². The number of nitrogens with two attached hydrogens (primary N) is 1. The van der Waals surface area contributed by atoms with Crippen LogP contribution in [0.3, 0.4) is 0 Å². The molecular weight excluding hydrogens is 248 g/mol. The second-order valence-electron chi connectivity index (χ2n) is 4.98. The molecular formula is C14H21ClN2O. The molecule has 0 spiro atoms. The van der Waals surface area contributed by atoms with E-state index in [0.29, 0.717) is 18.6 Å². The van der Waals surface area contributed by atoms with Gasteiger partial charge in [-0.25, -0.2) is 0 Å². The highest BCUT2D eigenvalue weighted by Gasteiger charge is 2.27. The second-order valence-corrected chi connectivity index (χ2v) is 5.42. The molecule has 0 radical (unpaired) electrons. The van der Waals surface area contributed by atoms with Crippen LogP contribution in [-0.2, 0) is 0 Å². The minimum atomic E-state index is 0.618. The number of hydrogen-bond donors (Lipinski definition) is 1. The van der Waals surface area contributed by atoms with E-state index in [4.69, 9.17) is 22.1 Å². The molecule has 1 aromatic carbocycles. The van der Waals surface area contributed by atoms with Gasteiger partial charge in [0.1, 0.15) is 12.4 Å². The molecule has 100 valence electrons. The average molecular weight is 269 g/mol. The van der Waals surface area contributed by atoms with Crippen molar-refractivity contribution in [2.45, 2.75) is 19.4 Å². The molecule has 3 nitrogen and oxygen atoms in total. The molecule has 4 heteroatoms. The van der Waals surface area contributed by atoms with E-state index in [-0.39, 0.29) is 0 Å². The molecule has 1 heterocycles.